The van der Waals surface area contributed by atoms with Gasteiger partial charge in [-0.3, -0.25) is 0 Å². The van der Waals surface area contributed by atoms with Crippen molar-refractivity contribution in [2.45, 2.75) is 20.3 Å². The smallest absolute Gasteiger partial charge is 0.0642 e. The first-order valence-electron chi connectivity index (χ1n) is 2.28. The molecule has 0 heteroatoms. The van der Waals surface area contributed by atoms with Gasteiger partial charge >= 0.3 is 0 Å². The fourth-order valence-corrected chi connectivity index (χ4v) is 0.204. The second kappa shape index (κ2) is 2.83. The van der Waals surface area contributed by atoms with Crippen LogP contribution in [0.4, 0.5) is 0 Å². The van der Waals surface area contributed by atoms with Crippen LogP contribution in [0.25, 0.3) is 0 Å². The lowest BCUT2D eigenvalue weighted by Crippen LogP contribution is -1.70. The second-order valence-electron chi connectivity index (χ2n) is 1.30. The second-order valence-corrected chi connectivity index (χ2v) is 1.30. The predicted octanol–water partition coefficient (Wildman–Crippen LogP) is 2.18. The van der Waals surface area contributed by atoms with Crippen molar-refractivity contribution in [3.63, 3.8) is 0 Å². The van der Waals surface area contributed by atoms with E-state index >= 15 is 0 Å². The Bertz CT molecular complexity index is 38.0. The lowest BCUT2D eigenvalue weighted by molar-refractivity contribution is 1.11. The summed E-state index contributed by atoms with van der Waals surface area (Å²) in [5.41, 5.74) is 1.22. The summed E-state index contributed by atoms with van der Waals surface area (Å²) in [6.45, 7) is 7.84. The van der Waals surface area contributed by atoms with Crippen molar-refractivity contribution in [1.82, 2.24) is 0 Å². The Morgan fingerprint density at radius 3 is 2.33 bits per heavy atom. The van der Waals surface area contributed by atoms with Crippen molar-refractivity contribution in [2.75, 3.05) is 0 Å². The summed E-state index contributed by atoms with van der Waals surface area (Å²) in [5.74, 6) is 0. The molecule has 0 rings (SSSR count). The molecular weight excluding hydrogens is 72.1 g/mol. The molecule has 0 aliphatic heterocycles. The Kier molecular flexibility index (Phi) is 2.64. The van der Waals surface area contributed by atoms with Crippen molar-refractivity contribution in [3.05, 3.63) is 18.6 Å². The molecule has 0 nitrogen and oxygen atoms in total. The number of rotatable bonds is 2. The summed E-state index contributed by atoms with van der Waals surface area (Å²) in [7, 11) is 0. The van der Waals surface area contributed by atoms with Gasteiger partial charge < -0.3 is 0 Å². The molecule has 0 unspecified atom stereocenters. The summed E-state index contributed by atoms with van der Waals surface area (Å²) in [6.07, 6.45) is 3.11. The SMILES string of the molecule is C=C([CH-]C)CC. The van der Waals surface area contributed by atoms with Crippen LogP contribution in [0.3, 0.4) is 0 Å². The van der Waals surface area contributed by atoms with E-state index in [2.05, 4.69) is 13.5 Å². The summed E-state index contributed by atoms with van der Waals surface area (Å²) in [5, 5.41) is 0. The zero-order chi connectivity index (χ0) is 4.99. The maximum atomic E-state index is 3.74. The Labute approximate surface area is 39.9 Å². The van der Waals surface area contributed by atoms with E-state index in [-0.39, 0.29) is 0 Å². The van der Waals surface area contributed by atoms with Crippen molar-refractivity contribution < 1.29 is 0 Å². The first-order chi connectivity index (χ1) is 2.81. The molecule has 36 valence electrons. The molecule has 0 amide bonds. The fraction of sp³-hybridized carbons (Fsp3) is 0.500. The number of hydrogen-bond acceptors (Lipinski definition) is 0. The van der Waals surface area contributed by atoms with Gasteiger partial charge in [-0.15, -0.1) is 6.92 Å². The lowest BCUT2D eigenvalue weighted by Gasteiger charge is -2.01. The molecule has 0 aliphatic carbocycles. The van der Waals surface area contributed by atoms with E-state index < -0.39 is 0 Å². The van der Waals surface area contributed by atoms with Crippen LogP contribution in [0.1, 0.15) is 20.3 Å². The van der Waals surface area contributed by atoms with E-state index in [1.165, 1.54) is 5.57 Å². The van der Waals surface area contributed by atoms with Crippen LogP contribution in [0.15, 0.2) is 12.2 Å². The Morgan fingerprint density at radius 2 is 2.33 bits per heavy atom. The highest BCUT2D eigenvalue weighted by molar-refractivity contribution is 5.03. The third kappa shape index (κ3) is 1.89. The molecule has 0 aromatic rings. The summed E-state index contributed by atoms with van der Waals surface area (Å²) in [6, 6.07) is 0. The predicted molar refractivity (Wildman–Crippen MR) is 29.4 cm³/mol. The largest absolute Gasteiger partial charge is 0.242 e. The van der Waals surface area contributed by atoms with Gasteiger partial charge in [0, 0.05) is 0 Å². The van der Waals surface area contributed by atoms with Crippen LogP contribution < -0.4 is 0 Å². The molecule has 0 bridgehead atoms. The van der Waals surface area contributed by atoms with E-state index in [4.69, 9.17) is 0 Å². The molecule has 0 aromatic heterocycles. The molecule has 0 fully saturated rings. The third-order valence-corrected chi connectivity index (χ3v) is 0.862. The highest BCUT2D eigenvalue weighted by atomic mass is 13.8. The van der Waals surface area contributed by atoms with E-state index in [0.717, 1.165) is 6.42 Å². The minimum absolute atomic E-state index is 1.08. The van der Waals surface area contributed by atoms with E-state index in [1.807, 2.05) is 13.3 Å². The van der Waals surface area contributed by atoms with Crippen LogP contribution >= 0.6 is 0 Å². The molecule has 0 saturated carbocycles. The van der Waals surface area contributed by atoms with Crippen LogP contribution in [-0.2, 0) is 0 Å². The van der Waals surface area contributed by atoms with Gasteiger partial charge in [0.05, 0.1) is 0 Å². The van der Waals surface area contributed by atoms with Gasteiger partial charge in [0.15, 0.2) is 0 Å². The van der Waals surface area contributed by atoms with Gasteiger partial charge in [0.1, 0.15) is 0 Å². The monoisotopic (exact) mass is 83.1 g/mol. The van der Waals surface area contributed by atoms with Gasteiger partial charge in [-0.1, -0.05) is 13.3 Å². The molecule has 0 aliphatic rings. The Balaban J connectivity index is 2.99. The molecule has 0 aromatic carbocycles. The van der Waals surface area contributed by atoms with E-state index in [1.54, 1.807) is 0 Å². The fourth-order valence-electron chi connectivity index (χ4n) is 0.204. The Morgan fingerprint density at radius 1 is 1.83 bits per heavy atom. The van der Waals surface area contributed by atoms with Gasteiger partial charge in [-0.2, -0.15) is 0 Å². The average molecular weight is 83.2 g/mol. The Hall–Kier alpha value is -0.390. The van der Waals surface area contributed by atoms with Crippen LogP contribution in [0, 0.1) is 6.42 Å². The maximum Gasteiger partial charge on any atom is -0.0642 e. The molecule has 6 heavy (non-hydrogen) atoms. The van der Waals surface area contributed by atoms with Crippen molar-refractivity contribution in [1.29, 1.82) is 0 Å². The lowest BCUT2D eigenvalue weighted by atomic mass is 10.2. The normalized spacial score (nSPS) is 7.67. The van der Waals surface area contributed by atoms with Crippen molar-refractivity contribution >= 4 is 0 Å². The van der Waals surface area contributed by atoms with Gasteiger partial charge in [0.25, 0.3) is 0 Å². The molecule has 0 atom stereocenters. The quantitative estimate of drug-likeness (QED) is 0.449. The van der Waals surface area contributed by atoms with Gasteiger partial charge in [0.2, 0.25) is 0 Å². The maximum absolute atomic E-state index is 3.74. The topological polar surface area (TPSA) is 0 Å². The zero-order valence-electron chi connectivity index (χ0n) is 4.49. The highest BCUT2D eigenvalue weighted by Crippen LogP contribution is 1.97. The molecule has 0 radical (unpaired) electrons. The number of hydrogen-bond donors (Lipinski definition) is 0. The molecule has 0 N–H and O–H groups in total. The van der Waals surface area contributed by atoms with Gasteiger partial charge in [-0.25, -0.2) is 18.6 Å². The van der Waals surface area contributed by atoms with E-state index in [9.17, 15) is 0 Å². The summed E-state index contributed by atoms with van der Waals surface area (Å²) < 4.78 is 0. The summed E-state index contributed by atoms with van der Waals surface area (Å²) >= 11 is 0. The zero-order valence-corrected chi connectivity index (χ0v) is 4.49. The third-order valence-electron chi connectivity index (χ3n) is 0.862. The van der Waals surface area contributed by atoms with Crippen molar-refractivity contribution in [3.8, 4) is 0 Å². The molecule has 0 spiro atoms. The molecule has 0 saturated heterocycles. The minimum Gasteiger partial charge on any atom is -0.242 e. The minimum atomic E-state index is 1.08. The van der Waals surface area contributed by atoms with Crippen LogP contribution in [0.5, 0.6) is 0 Å². The standard InChI is InChI=1S/C6H11/c1-4-6(3)5-2/h4H,3,5H2,1-2H3/q-1. The van der Waals surface area contributed by atoms with Crippen LogP contribution in [0.2, 0.25) is 0 Å². The van der Waals surface area contributed by atoms with Crippen molar-refractivity contribution in [2.24, 2.45) is 0 Å². The first-order valence-corrected chi connectivity index (χ1v) is 2.28. The molecular formula is C6H11-. The molecule has 0 heterocycles. The van der Waals surface area contributed by atoms with E-state index in [0.29, 0.717) is 0 Å². The average Bonchev–Trinajstić information content (AvgIpc) is 1.65. The number of allylic oxidation sites excluding steroid dienone is 1. The first kappa shape index (κ1) is 5.61. The highest BCUT2D eigenvalue weighted by Gasteiger charge is 1.67. The summed E-state index contributed by atoms with van der Waals surface area (Å²) in [4.78, 5) is 0. The van der Waals surface area contributed by atoms with Crippen LogP contribution in [-0.4, -0.2) is 0 Å². The van der Waals surface area contributed by atoms with Gasteiger partial charge in [-0.05, 0) is 0 Å².